The average Bonchev–Trinajstić information content (AvgIpc) is 2.72. The molecule has 0 saturated heterocycles. The second-order valence-corrected chi connectivity index (χ2v) is 5.89. The van der Waals surface area contributed by atoms with Crippen LogP contribution in [0.5, 0.6) is 11.5 Å². The van der Waals surface area contributed by atoms with Crippen molar-refractivity contribution in [3.8, 4) is 11.5 Å². The molecule has 0 aliphatic carbocycles. The van der Waals surface area contributed by atoms with Crippen LogP contribution in [0.3, 0.4) is 0 Å². The molecule has 0 bridgehead atoms. The maximum Gasteiger partial charge on any atom is 0.280 e. The molecule has 0 aliphatic rings. The molecule has 0 aliphatic heterocycles. The second-order valence-electron chi connectivity index (χ2n) is 3.88. The van der Waals surface area contributed by atoms with Crippen LogP contribution in [0.2, 0.25) is 5.02 Å². The molecule has 1 aromatic heterocycles. The first-order chi connectivity index (χ1) is 9.36. The highest BCUT2D eigenvalue weighted by Gasteiger charge is 2.25. The monoisotopic (exact) mass is 317 g/mol. The zero-order chi connectivity index (χ0) is 14.9. The SMILES string of the molecule is COc1cccc(O)c1NS(=O)(=O)c1c(Cl)cnn1C. The summed E-state index contributed by atoms with van der Waals surface area (Å²) in [5, 5.41) is 13.3. The molecule has 108 valence electrons. The standard InChI is InChI=1S/C11H12ClN3O4S/c1-15-11(7(12)6-13-15)20(17,18)14-10-8(16)4-3-5-9(10)19-2/h3-6,14,16H,1-2H3. The molecular weight excluding hydrogens is 306 g/mol. The van der Waals surface area contributed by atoms with E-state index in [4.69, 9.17) is 16.3 Å². The lowest BCUT2D eigenvalue weighted by Crippen LogP contribution is -2.17. The number of hydrogen-bond donors (Lipinski definition) is 2. The summed E-state index contributed by atoms with van der Waals surface area (Å²) < 4.78 is 33.0. The lowest BCUT2D eigenvalue weighted by atomic mass is 10.3. The van der Waals surface area contributed by atoms with Crippen molar-refractivity contribution in [3.05, 3.63) is 29.4 Å². The number of nitrogens with one attached hydrogen (secondary N) is 1. The number of rotatable bonds is 4. The van der Waals surface area contributed by atoms with Gasteiger partial charge in [0.2, 0.25) is 0 Å². The molecule has 0 atom stereocenters. The number of aromatic hydroxyl groups is 1. The number of anilines is 1. The van der Waals surface area contributed by atoms with E-state index in [1.165, 1.54) is 38.6 Å². The molecule has 0 fully saturated rings. The number of aryl methyl sites for hydroxylation is 1. The Bertz CT molecular complexity index is 723. The van der Waals surface area contributed by atoms with Crippen LogP contribution < -0.4 is 9.46 Å². The van der Waals surface area contributed by atoms with Crippen LogP contribution in [0.25, 0.3) is 0 Å². The fourth-order valence-corrected chi connectivity index (χ4v) is 3.42. The van der Waals surface area contributed by atoms with Crippen molar-refractivity contribution in [3.63, 3.8) is 0 Å². The van der Waals surface area contributed by atoms with Crippen LogP contribution in [-0.2, 0) is 17.1 Å². The second kappa shape index (κ2) is 5.22. The van der Waals surface area contributed by atoms with Crippen LogP contribution in [-0.4, -0.2) is 30.4 Å². The Labute approximate surface area is 120 Å². The molecule has 0 saturated carbocycles. The van der Waals surface area contributed by atoms with Crippen molar-refractivity contribution in [1.82, 2.24) is 9.78 Å². The third-order valence-electron chi connectivity index (χ3n) is 2.56. The predicted octanol–water partition coefficient (Wildman–Crippen LogP) is 1.59. The minimum absolute atomic E-state index is 0.0191. The number of benzene rings is 1. The van der Waals surface area contributed by atoms with Gasteiger partial charge in [0.1, 0.15) is 17.2 Å². The summed E-state index contributed by atoms with van der Waals surface area (Å²) in [6.07, 6.45) is 1.22. The molecule has 9 heteroatoms. The molecule has 0 spiro atoms. The van der Waals surface area contributed by atoms with E-state index in [0.29, 0.717) is 0 Å². The van der Waals surface area contributed by atoms with Gasteiger partial charge in [0.15, 0.2) is 5.03 Å². The van der Waals surface area contributed by atoms with E-state index in [1.54, 1.807) is 0 Å². The lowest BCUT2D eigenvalue weighted by molar-refractivity contribution is 0.411. The molecular formula is C11H12ClN3O4S. The van der Waals surface area contributed by atoms with Gasteiger partial charge in [-0.05, 0) is 12.1 Å². The van der Waals surface area contributed by atoms with Gasteiger partial charge in [0, 0.05) is 7.05 Å². The van der Waals surface area contributed by atoms with Crippen LogP contribution in [0, 0.1) is 0 Å². The summed E-state index contributed by atoms with van der Waals surface area (Å²) in [7, 11) is -1.20. The number of methoxy groups -OCH3 is 1. The van der Waals surface area contributed by atoms with Gasteiger partial charge < -0.3 is 9.84 Å². The summed E-state index contributed by atoms with van der Waals surface area (Å²) in [6.45, 7) is 0. The zero-order valence-electron chi connectivity index (χ0n) is 10.7. The normalized spacial score (nSPS) is 11.3. The van der Waals surface area contributed by atoms with Gasteiger partial charge in [0.05, 0.1) is 18.3 Å². The van der Waals surface area contributed by atoms with Crippen molar-refractivity contribution in [2.24, 2.45) is 7.05 Å². The molecule has 7 nitrogen and oxygen atoms in total. The van der Waals surface area contributed by atoms with E-state index in [2.05, 4.69) is 9.82 Å². The molecule has 0 unspecified atom stereocenters. The Kier molecular flexibility index (Phi) is 3.78. The summed E-state index contributed by atoms with van der Waals surface area (Å²) in [4.78, 5) is 0. The fourth-order valence-electron chi connectivity index (χ4n) is 1.68. The largest absolute Gasteiger partial charge is 0.506 e. The number of hydrogen-bond acceptors (Lipinski definition) is 5. The van der Waals surface area contributed by atoms with Crippen molar-refractivity contribution >= 4 is 27.3 Å². The maximum absolute atomic E-state index is 12.3. The molecule has 2 aromatic rings. The molecule has 0 amide bonds. The molecule has 1 heterocycles. The van der Waals surface area contributed by atoms with Crippen molar-refractivity contribution in [2.45, 2.75) is 5.03 Å². The molecule has 0 radical (unpaired) electrons. The third kappa shape index (κ3) is 2.52. The lowest BCUT2D eigenvalue weighted by Gasteiger charge is -2.13. The topological polar surface area (TPSA) is 93.4 Å². The molecule has 1 aromatic carbocycles. The summed E-state index contributed by atoms with van der Waals surface area (Å²) in [6, 6.07) is 4.39. The summed E-state index contributed by atoms with van der Waals surface area (Å²) >= 11 is 5.81. The number of ether oxygens (including phenoxy) is 1. The van der Waals surface area contributed by atoms with E-state index < -0.39 is 10.0 Å². The number of sulfonamides is 1. The van der Waals surface area contributed by atoms with Gasteiger partial charge in [-0.15, -0.1) is 0 Å². The highest BCUT2D eigenvalue weighted by Crippen LogP contribution is 2.35. The van der Waals surface area contributed by atoms with Crippen LogP contribution in [0.15, 0.2) is 29.4 Å². The Morgan fingerprint density at radius 2 is 2.15 bits per heavy atom. The minimum Gasteiger partial charge on any atom is -0.506 e. The zero-order valence-corrected chi connectivity index (χ0v) is 12.2. The number of nitrogens with zero attached hydrogens (tertiary/aromatic N) is 2. The van der Waals surface area contributed by atoms with Gasteiger partial charge in [-0.3, -0.25) is 9.40 Å². The summed E-state index contributed by atoms with van der Waals surface area (Å²) in [5.74, 6) is -0.0712. The summed E-state index contributed by atoms with van der Waals surface area (Å²) in [5.41, 5.74) is -0.0627. The van der Waals surface area contributed by atoms with E-state index >= 15 is 0 Å². The first-order valence-corrected chi connectivity index (χ1v) is 7.29. The Morgan fingerprint density at radius 1 is 1.45 bits per heavy atom. The average molecular weight is 318 g/mol. The van der Waals surface area contributed by atoms with E-state index in [1.807, 2.05) is 0 Å². The highest BCUT2D eigenvalue weighted by atomic mass is 35.5. The van der Waals surface area contributed by atoms with Gasteiger partial charge in [-0.2, -0.15) is 13.5 Å². The first kappa shape index (κ1) is 14.5. The van der Waals surface area contributed by atoms with Gasteiger partial charge in [0.25, 0.3) is 10.0 Å². The quantitative estimate of drug-likeness (QED) is 0.835. The van der Waals surface area contributed by atoms with Crippen LogP contribution >= 0.6 is 11.6 Å². The Balaban J connectivity index is 2.50. The smallest absolute Gasteiger partial charge is 0.280 e. The number of phenols is 1. The van der Waals surface area contributed by atoms with Crippen LogP contribution in [0.4, 0.5) is 5.69 Å². The van der Waals surface area contributed by atoms with Gasteiger partial charge in [-0.1, -0.05) is 17.7 Å². The number of halogens is 1. The third-order valence-corrected chi connectivity index (χ3v) is 4.41. The first-order valence-electron chi connectivity index (χ1n) is 5.43. The number of para-hydroxylation sites is 1. The predicted molar refractivity (Wildman–Crippen MR) is 73.7 cm³/mol. The Hall–Kier alpha value is -1.93. The molecule has 20 heavy (non-hydrogen) atoms. The number of phenolic OH excluding ortho intramolecular Hbond substituents is 1. The van der Waals surface area contributed by atoms with E-state index in [0.717, 1.165) is 4.68 Å². The Morgan fingerprint density at radius 3 is 2.70 bits per heavy atom. The van der Waals surface area contributed by atoms with Crippen molar-refractivity contribution in [1.29, 1.82) is 0 Å². The highest BCUT2D eigenvalue weighted by molar-refractivity contribution is 7.92. The van der Waals surface area contributed by atoms with E-state index in [9.17, 15) is 13.5 Å². The minimum atomic E-state index is -4.01. The fraction of sp³-hybridized carbons (Fsp3) is 0.182. The van der Waals surface area contributed by atoms with Crippen molar-refractivity contribution in [2.75, 3.05) is 11.8 Å². The van der Waals surface area contributed by atoms with Crippen molar-refractivity contribution < 1.29 is 18.3 Å². The van der Waals surface area contributed by atoms with E-state index in [-0.39, 0.29) is 27.2 Å². The molecule has 2 rings (SSSR count). The van der Waals surface area contributed by atoms with Gasteiger partial charge in [-0.25, -0.2) is 0 Å². The van der Waals surface area contributed by atoms with Gasteiger partial charge >= 0.3 is 0 Å². The van der Waals surface area contributed by atoms with Crippen LogP contribution in [0.1, 0.15) is 0 Å². The molecule has 2 N–H and O–H groups in total. The maximum atomic E-state index is 12.3. The number of aromatic nitrogens is 2.